The fourth-order valence-corrected chi connectivity index (χ4v) is 4.12. The summed E-state index contributed by atoms with van der Waals surface area (Å²) in [5.74, 6) is 0.279. The number of nitrogens with one attached hydrogen (secondary N) is 1. The summed E-state index contributed by atoms with van der Waals surface area (Å²) in [5.41, 5.74) is 0. The highest BCUT2D eigenvalue weighted by Gasteiger charge is 2.35. The van der Waals surface area contributed by atoms with Crippen LogP contribution >= 0.6 is 0 Å². The van der Waals surface area contributed by atoms with Crippen molar-refractivity contribution in [2.75, 3.05) is 26.3 Å². The molecule has 0 aromatic carbocycles. The molecule has 1 amide bonds. The SMILES string of the molecule is N#C[C@H](NC(=O)[C@@H]1CCN(C2CCCCC2)C1)[C@@H]1CCOC1. The summed E-state index contributed by atoms with van der Waals surface area (Å²) < 4.78 is 5.33. The van der Waals surface area contributed by atoms with E-state index in [9.17, 15) is 10.1 Å². The standard InChI is InChI=1S/C17H27N3O2/c18-10-16(14-7-9-22-12-14)19-17(21)13-6-8-20(11-13)15-4-2-1-3-5-15/h13-16H,1-9,11-12H2,(H,19,21)/t13-,14-,16+/m1/s1. The van der Waals surface area contributed by atoms with Crippen molar-refractivity contribution in [2.45, 2.75) is 57.0 Å². The minimum atomic E-state index is -0.390. The van der Waals surface area contributed by atoms with Crippen LogP contribution in [0.2, 0.25) is 0 Å². The number of ether oxygens (including phenoxy) is 1. The first-order chi connectivity index (χ1) is 10.8. The van der Waals surface area contributed by atoms with Gasteiger partial charge in [-0.1, -0.05) is 19.3 Å². The molecule has 5 nitrogen and oxygen atoms in total. The monoisotopic (exact) mass is 305 g/mol. The average molecular weight is 305 g/mol. The molecule has 1 saturated carbocycles. The van der Waals surface area contributed by atoms with Gasteiger partial charge in [0.15, 0.2) is 0 Å². The van der Waals surface area contributed by atoms with E-state index in [1.165, 1.54) is 32.1 Å². The molecule has 3 aliphatic rings. The number of nitriles is 1. The topological polar surface area (TPSA) is 65.4 Å². The van der Waals surface area contributed by atoms with Crippen LogP contribution < -0.4 is 5.32 Å². The predicted molar refractivity (Wildman–Crippen MR) is 83.0 cm³/mol. The highest BCUT2D eigenvalue weighted by molar-refractivity contribution is 5.79. The largest absolute Gasteiger partial charge is 0.381 e. The van der Waals surface area contributed by atoms with Crippen molar-refractivity contribution in [1.29, 1.82) is 5.26 Å². The number of carbonyl (C=O) groups is 1. The second kappa shape index (κ2) is 7.43. The first-order valence-corrected chi connectivity index (χ1v) is 8.79. The van der Waals surface area contributed by atoms with E-state index in [1.54, 1.807) is 0 Å². The second-order valence-corrected chi connectivity index (χ2v) is 7.01. The van der Waals surface area contributed by atoms with Crippen molar-refractivity contribution in [1.82, 2.24) is 10.2 Å². The van der Waals surface area contributed by atoms with E-state index in [4.69, 9.17) is 4.74 Å². The molecule has 22 heavy (non-hydrogen) atoms. The Hall–Kier alpha value is -1.12. The van der Waals surface area contributed by atoms with Gasteiger partial charge in [-0.3, -0.25) is 9.69 Å². The number of carbonyl (C=O) groups excluding carboxylic acids is 1. The summed E-state index contributed by atoms with van der Waals surface area (Å²) >= 11 is 0. The molecule has 3 atom stereocenters. The first-order valence-electron chi connectivity index (χ1n) is 8.79. The Labute approximate surface area is 133 Å². The van der Waals surface area contributed by atoms with Crippen LogP contribution in [-0.4, -0.2) is 49.2 Å². The summed E-state index contributed by atoms with van der Waals surface area (Å²) in [4.78, 5) is 15.0. The van der Waals surface area contributed by atoms with Crippen molar-refractivity contribution in [3.8, 4) is 6.07 Å². The average Bonchev–Trinajstić information content (AvgIpc) is 3.24. The molecule has 0 aromatic heterocycles. The number of hydrogen-bond donors (Lipinski definition) is 1. The van der Waals surface area contributed by atoms with Crippen molar-refractivity contribution in [2.24, 2.45) is 11.8 Å². The third kappa shape index (κ3) is 3.61. The van der Waals surface area contributed by atoms with Gasteiger partial charge in [-0.25, -0.2) is 0 Å². The number of hydrogen-bond acceptors (Lipinski definition) is 4. The smallest absolute Gasteiger partial charge is 0.225 e. The predicted octanol–water partition coefficient (Wildman–Crippen LogP) is 1.69. The van der Waals surface area contributed by atoms with E-state index in [0.717, 1.165) is 25.9 Å². The van der Waals surface area contributed by atoms with Gasteiger partial charge in [-0.05, 0) is 32.2 Å². The van der Waals surface area contributed by atoms with Gasteiger partial charge in [0.25, 0.3) is 0 Å². The minimum absolute atomic E-state index is 0.0556. The fourth-order valence-electron chi connectivity index (χ4n) is 4.12. The molecular weight excluding hydrogens is 278 g/mol. The van der Waals surface area contributed by atoms with Gasteiger partial charge in [0.2, 0.25) is 5.91 Å². The molecule has 1 N–H and O–H groups in total. The van der Waals surface area contributed by atoms with E-state index >= 15 is 0 Å². The van der Waals surface area contributed by atoms with Gasteiger partial charge in [0.1, 0.15) is 6.04 Å². The summed E-state index contributed by atoms with van der Waals surface area (Å²) in [6, 6.07) is 2.54. The van der Waals surface area contributed by atoms with Gasteiger partial charge in [0, 0.05) is 25.1 Å². The van der Waals surface area contributed by atoms with E-state index in [1.807, 2.05) is 0 Å². The molecule has 0 unspecified atom stereocenters. The molecule has 1 aliphatic carbocycles. The molecule has 3 fully saturated rings. The van der Waals surface area contributed by atoms with Gasteiger partial charge >= 0.3 is 0 Å². The highest BCUT2D eigenvalue weighted by atomic mass is 16.5. The lowest BCUT2D eigenvalue weighted by Gasteiger charge is -2.31. The molecule has 5 heteroatoms. The number of rotatable bonds is 4. The first kappa shape index (κ1) is 15.8. The lowest BCUT2D eigenvalue weighted by atomic mass is 9.94. The Morgan fingerprint density at radius 1 is 1.23 bits per heavy atom. The van der Waals surface area contributed by atoms with Gasteiger partial charge < -0.3 is 10.1 Å². The quantitative estimate of drug-likeness (QED) is 0.858. The second-order valence-electron chi connectivity index (χ2n) is 7.01. The third-order valence-electron chi connectivity index (χ3n) is 5.55. The molecule has 0 bridgehead atoms. The molecule has 0 spiro atoms. The van der Waals surface area contributed by atoms with Gasteiger partial charge in [-0.2, -0.15) is 5.26 Å². The maximum atomic E-state index is 12.5. The summed E-state index contributed by atoms with van der Waals surface area (Å²) in [6.45, 7) is 3.21. The molecule has 122 valence electrons. The molecule has 0 aromatic rings. The zero-order valence-corrected chi connectivity index (χ0v) is 13.3. The Kier molecular flexibility index (Phi) is 5.32. The molecule has 2 saturated heterocycles. The van der Waals surface area contributed by atoms with Crippen LogP contribution in [-0.2, 0) is 9.53 Å². The Bertz CT molecular complexity index is 422. The molecule has 0 radical (unpaired) electrons. The molecule has 2 aliphatic heterocycles. The van der Waals surface area contributed by atoms with Crippen LogP contribution in [0.25, 0.3) is 0 Å². The normalized spacial score (nSPS) is 31.8. The van der Waals surface area contributed by atoms with Crippen LogP contribution in [0.4, 0.5) is 0 Å². The van der Waals surface area contributed by atoms with E-state index in [-0.39, 0.29) is 17.7 Å². The fraction of sp³-hybridized carbons (Fsp3) is 0.882. The van der Waals surface area contributed by atoms with Crippen molar-refractivity contribution in [3.63, 3.8) is 0 Å². The zero-order valence-electron chi connectivity index (χ0n) is 13.3. The maximum absolute atomic E-state index is 12.5. The third-order valence-corrected chi connectivity index (χ3v) is 5.55. The maximum Gasteiger partial charge on any atom is 0.225 e. The Balaban J connectivity index is 1.49. The van der Waals surface area contributed by atoms with Crippen LogP contribution in [0, 0.1) is 23.2 Å². The Morgan fingerprint density at radius 2 is 2.05 bits per heavy atom. The van der Waals surface area contributed by atoms with Crippen LogP contribution in [0.1, 0.15) is 44.9 Å². The lowest BCUT2D eigenvalue weighted by Crippen LogP contribution is -2.44. The zero-order chi connectivity index (χ0) is 15.4. The Morgan fingerprint density at radius 3 is 2.73 bits per heavy atom. The lowest BCUT2D eigenvalue weighted by molar-refractivity contribution is -0.125. The molecule has 3 rings (SSSR count). The van der Waals surface area contributed by atoms with E-state index in [0.29, 0.717) is 19.3 Å². The van der Waals surface area contributed by atoms with Gasteiger partial charge in [0.05, 0.1) is 18.6 Å². The highest BCUT2D eigenvalue weighted by Crippen LogP contribution is 2.28. The minimum Gasteiger partial charge on any atom is -0.381 e. The number of likely N-dealkylation sites (tertiary alicyclic amines) is 1. The summed E-state index contributed by atoms with van der Waals surface area (Å²) in [6.07, 6.45) is 8.40. The van der Waals surface area contributed by atoms with Crippen LogP contribution in [0.5, 0.6) is 0 Å². The van der Waals surface area contributed by atoms with Crippen molar-refractivity contribution in [3.05, 3.63) is 0 Å². The van der Waals surface area contributed by atoms with Crippen molar-refractivity contribution >= 4 is 5.91 Å². The number of nitrogens with zero attached hydrogens (tertiary/aromatic N) is 2. The van der Waals surface area contributed by atoms with E-state index < -0.39 is 6.04 Å². The molecular formula is C17H27N3O2. The summed E-state index contributed by atoms with van der Waals surface area (Å²) in [7, 11) is 0. The van der Waals surface area contributed by atoms with E-state index in [2.05, 4.69) is 16.3 Å². The van der Waals surface area contributed by atoms with Crippen LogP contribution in [0.15, 0.2) is 0 Å². The van der Waals surface area contributed by atoms with Gasteiger partial charge in [-0.15, -0.1) is 0 Å². The summed E-state index contributed by atoms with van der Waals surface area (Å²) in [5, 5.41) is 12.3. The molecule has 2 heterocycles. The van der Waals surface area contributed by atoms with Crippen molar-refractivity contribution < 1.29 is 9.53 Å². The van der Waals surface area contributed by atoms with Crippen LogP contribution in [0.3, 0.4) is 0 Å². The number of amides is 1.